The highest BCUT2D eigenvalue weighted by Crippen LogP contribution is 1.92. The number of hydrogen-bond acceptors (Lipinski definition) is 4. The van der Waals surface area contributed by atoms with E-state index in [4.69, 9.17) is 0 Å². The Morgan fingerprint density at radius 1 is 1.13 bits per heavy atom. The zero-order chi connectivity index (χ0) is 11.7. The van der Waals surface area contributed by atoms with Crippen molar-refractivity contribution in [3.63, 3.8) is 0 Å². The number of amides is 2. The molecule has 0 heterocycles. The molecule has 6 nitrogen and oxygen atoms in total. The van der Waals surface area contributed by atoms with Crippen LogP contribution in [0.25, 0.3) is 0 Å². The molecule has 0 radical (unpaired) electrons. The predicted octanol–water partition coefficient (Wildman–Crippen LogP) is -0.808. The van der Waals surface area contributed by atoms with E-state index in [1.54, 1.807) is 6.92 Å². The van der Waals surface area contributed by atoms with Crippen molar-refractivity contribution in [3.05, 3.63) is 0 Å². The standard InChI is InChI=1S/C9H16N2O4/c1-3-15-9(14)5-4-7(12)11-6-8(13)10-2/h3-6H2,1-2H3,(H,10,13)(H,11,12). The van der Waals surface area contributed by atoms with E-state index >= 15 is 0 Å². The Hall–Kier alpha value is -1.59. The summed E-state index contributed by atoms with van der Waals surface area (Å²) in [5, 5.41) is 4.73. The lowest BCUT2D eigenvalue weighted by Gasteiger charge is -2.03. The smallest absolute Gasteiger partial charge is 0.306 e. The molecule has 15 heavy (non-hydrogen) atoms. The topological polar surface area (TPSA) is 84.5 Å². The van der Waals surface area contributed by atoms with Crippen LogP contribution in [0.5, 0.6) is 0 Å². The van der Waals surface area contributed by atoms with Crippen molar-refractivity contribution >= 4 is 17.8 Å². The Labute approximate surface area is 88.4 Å². The van der Waals surface area contributed by atoms with Crippen LogP contribution in [0, 0.1) is 0 Å². The average Bonchev–Trinajstić information content (AvgIpc) is 2.23. The van der Waals surface area contributed by atoms with Gasteiger partial charge in [-0.3, -0.25) is 14.4 Å². The van der Waals surface area contributed by atoms with Crippen molar-refractivity contribution in [2.45, 2.75) is 19.8 Å². The first kappa shape index (κ1) is 13.4. The number of esters is 1. The molecule has 0 saturated carbocycles. The summed E-state index contributed by atoms with van der Waals surface area (Å²) in [5.41, 5.74) is 0. The van der Waals surface area contributed by atoms with Gasteiger partial charge in [-0.05, 0) is 6.92 Å². The van der Waals surface area contributed by atoms with Crippen LogP contribution < -0.4 is 10.6 Å². The molecule has 0 spiro atoms. The average molecular weight is 216 g/mol. The highest BCUT2D eigenvalue weighted by Gasteiger charge is 2.07. The first-order chi connectivity index (χ1) is 7.10. The fourth-order valence-corrected chi connectivity index (χ4v) is 0.804. The van der Waals surface area contributed by atoms with Gasteiger partial charge in [0.2, 0.25) is 11.8 Å². The highest BCUT2D eigenvalue weighted by molar-refractivity contribution is 5.86. The first-order valence-electron chi connectivity index (χ1n) is 4.73. The molecule has 0 fully saturated rings. The fourth-order valence-electron chi connectivity index (χ4n) is 0.804. The number of carbonyl (C=O) groups is 3. The predicted molar refractivity (Wildman–Crippen MR) is 52.9 cm³/mol. The molecule has 0 aromatic rings. The Bertz CT molecular complexity index is 240. The Kier molecular flexibility index (Phi) is 6.96. The molecule has 0 aliphatic carbocycles. The second-order valence-electron chi connectivity index (χ2n) is 2.75. The molecule has 0 saturated heterocycles. The number of carbonyl (C=O) groups excluding carboxylic acids is 3. The SMILES string of the molecule is CCOC(=O)CCC(=O)NCC(=O)NC. The van der Waals surface area contributed by atoms with Crippen molar-refractivity contribution in [2.24, 2.45) is 0 Å². The van der Waals surface area contributed by atoms with E-state index in [1.165, 1.54) is 7.05 Å². The largest absolute Gasteiger partial charge is 0.466 e. The van der Waals surface area contributed by atoms with Crippen molar-refractivity contribution in [1.82, 2.24) is 10.6 Å². The minimum Gasteiger partial charge on any atom is -0.466 e. The summed E-state index contributed by atoms with van der Waals surface area (Å²) in [6, 6.07) is 0. The van der Waals surface area contributed by atoms with Gasteiger partial charge in [-0.15, -0.1) is 0 Å². The molecular weight excluding hydrogens is 200 g/mol. The zero-order valence-corrected chi connectivity index (χ0v) is 8.96. The van der Waals surface area contributed by atoms with Crippen LogP contribution in [-0.2, 0) is 19.1 Å². The molecule has 2 amide bonds. The van der Waals surface area contributed by atoms with Crippen LogP contribution in [0.3, 0.4) is 0 Å². The molecule has 0 aromatic heterocycles. The summed E-state index contributed by atoms with van der Waals surface area (Å²) < 4.78 is 4.64. The summed E-state index contributed by atoms with van der Waals surface area (Å²) in [5.74, 6) is -1.03. The van der Waals surface area contributed by atoms with Gasteiger partial charge in [0.25, 0.3) is 0 Å². The van der Waals surface area contributed by atoms with E-state index < -0.39 is 5.97 Å². The third kappa shape index (κ3) is 7.48. The molecule has 2 N–H and O–H groups in total. The maximum Gasteiger partial charge on any atom is 0.306 e. The van der Waals surface area contributed by atoms with Crippen molar-refractivity contribution in [1.29, 1.82) is 0 Å². The molecule has 0 rings (SSSR count). The Morgan fingerprint density at radius 2 is 1.80 bits per heavy atom. The van der Waals surface area contributed by atoms with Gasteiger partial charge < -0.3 is 15.4 Å². The van der Waals surface area contributed by atoms with Gasteiger partial charge in [-0.2, -0.15) is 0 Å². The molecule has 0 aliphatic heterocycles. The molecule has 0 atom stereocenters. The van der Waals surface area contributed by atoms with Crippen molar-refractivity contribution in [2.75, 3.05) is 20.2 Å². The van der Waals surface area contributed by atoms with E-state index in [1.807, 2.05) is 0 Å². The molecule has 0 aliphatic rings. The van der Waals surface area contributed by atoms with Crippen molar-refractivity contribution < 1.29 is 19.1 Å². The summed E-state index contributed by atoms with van der Waals surface area (Å²) >= 11 is 0. The molecule has 0 unspecified atom stereocenters. The van der Waals surface area contributed by atoms with E-state index in [0.29, 0.717) is 6.61 Å². The van der Waals surface area contributed by atoms with Gasteiger partial charge in [0.15, 0.2) is 0 Å². The van der Waals surface area contributed by atoms with Crippen LogP contribution >= 0.6 is 0 Å². The van der Waals surface area contributed by atoms with Crippen LogP contribution in [-0.4, -0.2) is 38.0 Å². The van der Waals surface area contributed by atoms with E-state index in [-0.39, 0.29) is 31.2 Å². The molecule has 6 heteroatoms. The third-order valence-electron chi connectivity index (χ3n) is 1.59. The van der Waals surface area contributed by atoms with Crippen LogP contribution in [0.1, 0.15) is 19.8 Å². The monoisotopic (exact) mass is 216 g/mol. The number of likely N-dealkylation sites (N-methyl/N-ethyl adjacent to an activating group) is 1. The van der Waals surface area contributed by atoms with E-state index in [0.717, 1.165) is 0 Å². The van der Waals surface area contributed by atoms with Crippen molar-refractivity contribution in [3.8, 4) is 0 Å². The van der Waals surface area contributed by atoms with Gasteiger partial charge in [-0.25, -0.2) is 0 Å². The lowest BCUT2D eigenvalue weighted by atomic mass is 10.3. The lowest BCUT2D eigenvalue weighted by Crippen LogP contribution is -2.35. The second kappa shape index (κ2) is 7.78. The number of ether oxygens (including phenoxy) is 1. The quantitative estimate of drug-likeness (QED) is 0.569. The van der Waals surface area contributed by atoms with Gasteiger partial charge in [0.1, 0.15) is 0 Å². The van der Waals surface area contributed by atoms with Gasteiger partial charge >= 0.3 is 5.97 Å². The zero-order valence-electron chi connectivity index (χ0n) is 8.96. The minimum absolute atomic E-state index is 0.0351. The van der Waals surface area contributed by atoms with E-state index in [9.17, 15) is 14.4 Å². The maximum atomic E-state index is 11.1. The summed E-state index contributed by atoms with van der Waals surface area (Å²) in [6.07, 6.45) is 0.0727. The van der Waals surface area contributed by atoms with Crippen LogP contribution in [0.15, 0.2) is 0 Å². The van der Waals surface area contributed by atoms with Crippen LogP contribution in [0.2, 0.25) is 0 Å². The maximum absolute atomic E-state index is 11.1. The van der Waals surface area contributed by atoms with Gasteiger partial charge in [0.05, 0.1) is 19.6 Å². The Morgan fingerprint density at radius 3 is 2.33 bits per heavy atom. The summed E-state index contributed by atoms with van der Waals surface area (Å²) in [4.78, 5) is 32.7. The lowest BCUT2D eigenvalue weighted by molar-refractivity contribution is -0.144. The van der Waals surface area contributed by atoms with Gasteiger partial charge in [0, 0.05) is 13.5 Å². The summed E-state index contributed by atoms with van der Waals surface area (Å²) in [7, 11) is 1.48. The number of hydrogen-bond donors (Lipinski definition) is 2. The molecule has 86 valence electrons. The normalized spacial score (nSPS) is 9.20. The molecule has 0 aromatic carbocycles. The first-order valence-corrected chi connectivity index (χ1v) is 4.73. The molecule has 0 bridgehead atoms. The minimum atomic E-state index is -0.410. The second-order valence-corrected chi connectivity index (χ2v) is 2.75. The number of rotatable bonds is 6. The van der Waals surface area contributed by atoms with Crippen LogP contribution in [0.4, 0.5) is 0 Å². The fraction of sp³-hybridized carbons (Fsp3) is 0.667. The third-order valence-corrected chi connectivity index (χ3v) is 1.59. The summed E-state index contributed by atoms with van der Waals surface area (Å²) in [6.45, 7) is 1.93. The highest BCUT2D eigenvalue weighted by atomic mass is 16.5. The Balaban J connectivity index is 3.57. The van der Waals surface area contributed by atoms with Gasteiger partial charge in [-0.1, -0.05) is 0 Å². The molecular formula is C9H16N2O4. The van der Waals surface area contributed by atoms with E-state index in [2.05, 4.69) is 15.4 Å². The number of nitrogens with one attached hydrogen (secondary N) is 2.